The molecule has 3 nitrogen and oxygen atoms in total. The topological polar surface area (TPSA) is 41.1 Å². The average Bonchev–Trinajstić information content (AvgIpc) is 2.38. The molecule has 3 heteroatoms. The van der Waals surface area contributed by atoms with Crippen LogP contribution >= 0.6 is 0 Å². The Labute approximate surface area is 109 Å². The lowest BCUT2D eigenvalue weighted by Gasteiger charge is -2.41. The molecular weight excluding hydrogens is 224 g/mol. The highest BCUT2D eigenvalue weighted by molar-refractivity contribution is 5.94. The number of carbonyl (C=O) groups excluding carboxylic acids is 1. The van der Waals surface area contributed by atoms with Gasteiger partial charge in [-0.3, -0.25) is 4.79 Å². The van der Waals surface area contributed by atoms with Gasteiger partial charge in [0.2, 0.25) is 0 Å². The van der Waals surface area contributed by atoms with Gasteiger partial charge in [-0.2, -0.15) is 0 Å². The van der Waals surface area contributed by atoms with Crippen LogP contribution in [-0.2, 0) is 0 Å². The summed E-state index contributed by atoms with van der Waals surface area (Å²) < 4.78 is 0. The van der Waals surface area contributed by atoms with Gasteiger partial charge in [-0.05, 0) is 48.9 Å². The summed E-state index contributed by atoms with van der Waals surface area (Å²) in [5.74, 6) is 0.0392. The number of hydrogen-bond acceptors (Lipinski definition) is 2. The second-order valence-electron chi connectivity index (χ2n) is 5.22. The van der Waals surface area contributed by atoms with Crippen LogP contribution in [0.4, 0.5) is 5.69 Å². The van der Waals surface area contributed by atoms with E-state index in [2.05, 4.69) is 17.6 Å². The van der Waals surface area contributed by atoms with Crippen LogP contribution in [0.2, 0.25) is 0 Å². The van der Waals surface area contributed by atoms with Crippen molar-refractivity contribution in [2.75, 3.05) is 18.9 Å². The average molecular weight is 246 g/mol. The molecule has 0 atom stereocenters. The van der Waals surface area contributed by atoms with E-state index in [4.69, 9.17) is 0 Å². The Morgan fingerprint density at radius 3 is 2.39 bits per heavy atom. The van der Waals surface area contributed by atoms with E-state index < -0.39 is 0 Å². The molecule has 0 unspecified atom stereocenters. The van der Waals surface area contributed by atoms with E-state index in [0.717, 1.165) is 24.2 Å². The molecule has 18 heavy (non-hydrogen) atoms. The van der Waals surface area contributed by atoms with Crippen LogP contribution in [0.25, 0.3) is 0 Å². The molecule has 0 radical (unpaired) electrons. The molecule has 1 amide bonds. The molecule has 1 aromatic rings. The van der Waals surface area contributed by atoms with Gasteiger partial charge in [0.25, 0.3) is 5.91 Å². The zero-order chi connectivity index (χ0) is 13.0. The zero-order valence-electron chi connectivity index (χ0n) is 11.3. The van der Waals surface area contributed by atoms with E-state index in [1.54, 1.807) is 0 Å². The predicted octanol–water partition coefficient (Wildman–Crippen LogP) is 3.04. The summed E-state index contributed by atoms with van der Waals surface area (Å²) in [6, 6.07) is 7.57. The third kappa shape index (κ3) is 2.66. The maximum absolute atomic E-state index is 12.0. The Kier molecular flexibility index (Phi) is 3.90. The number of carbonyl (C=O) groups is 1. The van der Waals surface area contributed by atoms with E-state index in [-0.39, 0.29) is 5.91 Å². The van der Waals surface area contributed by atoms with Crippen molar-refractivity contribution >= 4 is 11.6 Å². The number of hydrogen-bond donors (Lipinski definition) is 2. The number of anilines is 1. The van der Waals surface area contributed by atoms with Gasteiger partial charge in [0.05, 0.1) is 0 Å². The number of benzene rings is 1. The molecule has 98 valence electrons. The molecule has 0 aliphatic heterocycles. The van der Waals surface area contributed by atoms with Gasteiger partial charge in [0.1, 0.15) is 0 Å². The number of rotatable bonds is 5. The number of amides is 1. The lowest BCUT2D eigenvalue weighted by atomic mass is 9.67. The number of nitrogens with one attached hydrogen (secondary N) is 2. The van der Waals surface area contributed by atoms with Gasteiger partial charge in [0, 0.05) is 24.8 Å². The van der Waals surface area contributed by atoms with E-state index in [1.807, 2.05) is 31.3 Å². The minimum atomic E-state index is 0.0392. The lowest BCUT2D eigenvalue weighted by molar-refractivity contribution is 0.0850. The summed E-state index contributed by atoms with van der Waals surface area (Å²) in [4.78, 5) is 12.0. The molecular formula is C15H22N2O. The maximum Gasteiger partial charge on any atom is 0.251 e. The summed E-state index contributed by atoms with van der Waals surface area (Å²) >= 11 is 0. The molecule has 2 rings (SSSR count). The Morgan fingerprint density at radius 2 is 1.94 bits per heavy atom. The Hall–Kier alpha value is -1.51. The smallest absolute Gasteiger partial charge is 0.251 e. The van der Waals surface area contributed by atoms with Crippen LogP contribution < -0.4 is 10.6 Å². The van der Waals surface area contributed by atoms with Crippen LogP contribution in [0.3, 0.4) is 0 Å². The highest BCUT2D eigenvalue weighted by Gasteiger charge is 2.35. The molecule has 0 bridgehead atoms. The fourth-order valence-corrected chi connectivity index (χ4v) is 2.49. The van der Waals surface area contributed by atoms with Crippen molar-refractivity contribution in [3.63, 3.8) is 0 Å². The monoisotopic (exact) mass is 246 g/mol. The molecule has 1 aromatic carbocycles. The standard InChI is InChI=1S/C15H22N2O/c1-3-15(9-4-10-15)11-17-14(18)12-5-7-13(16-2)8-6-12/h5-8,16H,3-4,9-11H2,1-2H3,(H,17,18). The summed E-state index contributed by atoms with van der Waals surface area (Å²) in [6.45, 7) is 3.03. The van der Waals surface area contributed by atoms with Gasteiger partial charge in [-0.15, -0.1) is 0 Å². The van der Waals surface area contributed by atoms with Crippen molar-refractivity contribution in [2.45, 2.75) is 32.6 Å². The second kappa shape index (κ2) is 5.42. The molecule has 2 N–H and O–H groups in total. The Balaban J connectivity index is 1.90. The van der Waals surface area contributed by atoms with Crippen LogP contribution in [-0.4, -0.2) is 19.5 Å². The van der Waals surface area contributed by atoms with E-state index in [0.29, 0.717) is 5.41 Å². The minimum Gasteiger partial charge on any atom is -0.388 e. The first-order valence-electron chi connectivity index (χ1n) is 6.75. The Bertz CT molecular complexity index is 401. The summed E-state index contributed by atoms with van der Waals surface area (Å²) in [7, 11) is 1.87. The van der Waals surface area contributed by atoms with Gasteiger partial charge < -0.3 is 10.6 Å². The van der Waals surface area contributed by atoms with Crippen molar-refractivity contribution < 1.29 is 4.79 Å². The normalized spacial score (nSPS) is 16.8. The minimum absolute atomic E-state index is 0.0392. The van der Waals surface area contributed by atoms with Crippen LogP contribution in [0, 0.1) is 5.41 Å². The Morgan fingerprint density at radius 1 is 1.28 bits per heavy atom. The first-order valence-corrected chi connectivity index (χ1v) is 6.75. The van der Waals surface area contributed by atoms with E-state index >= 15 is 0 Å². The van der Waals surface area contributed by atoms with Crippen molar-refractivity contribution in [3.05, 3.63) is 29.8 Å². The van der Waals surface area contributed by atoms with E-state index in [9.17, 15) is 4.79 Å². The molecule has 1 fully saturated rings. The van der Waals surface area contributed by atoms with Crippen LogP contribution in [0.5, 0.6) is 0 Å². The fourth-order valence-electron chi connectivity index (χ4n) is 2.49. The first kappa shape index (κ1) is 12.9. The molecule has 1 aliphatic rings. The van der Waals surface area contributed by atoms with Gasteiger partial charge in [-0.1, -0.05) is 13.3 Å². The van der Waals surface area contributed by atoms with Crippen LogP contribution in [0.15, 0.2) is 24.3 Å². The lowest BCUT2D eigenvalue weighted by Crippen LogP contribution is -2.41. The zero-order valence-corrected chi connectivity index (χ0v) is 11.3. The summed E-state index contributed by atoms with van der Waals surface area (Å²) in [6.07, 6.45) is 4.97. The van der Waals surface area contributed by atoms with Crippen LogP contribution in [0.1, 0.15) is 43.0 Å². The van der Waals surface area contributed by atoms with Crippen molar-refractivity contribution in [1.29, 1.82) is 0 Å². The third-order valence-electron chi connectivity index (χ3n) is 4.22. The largest absolute Gasteiger partial charge is 0.388 e. The van der Waals surface area contributed by atoms with E-state index in [1.165, 1.54) is 19.3 Å². The SMILES string of the molecule is CCC1(CNC(=O)c2ccc(NC)cc2)CCC1. The molecule has 0 aromatic heterocycles. The maximum atomic E-state index is 12.0. The summed E-state index contributed by atoms with van der Waals surface area (Å²) in [5, 5.41) is 6.12. The molecule has 1 aliphatic carbocycles. The molecule has 0 spiro atoms. The van der Waals surface area contributed by atoms with Crippen molar-refractivity contribution in [1.82, 2.24) is 5.32 Å². The second-order valence-corrected chi connectivity index (χ2v) is 5.22. The van der Waals surface area contributed by atoms with Crippen molar-refractivity contribution in [2.24, 2.45) is 5.41 Å². The molecule has 1 saturated carbocycles. The van der Waals surface area contributed by atoms with Crippen molar-refractivity contribution in [3.8, 4) is 0 Å². The van der Waals surface area contributed by atoms with Gasteiger partial charge >= 0.3 is 0 Å². The molecule has 0 saturated heterocycles. The predicted molar refractivity (Wildman–Crippen MR) is 74.9 cm³/mol. The van der Waals surface area contributed by atoms with Gasteiger partial charge in [0.15, 0.2) is 0 Å². The third-order valence-corrected chi connectivity index (χ3v) is 4.22. The fraction of sp³-hybridized carbons (Fsp3) is 0.533. The first-order chi connectivity index (χ1) is 8.69. The van der Waals surface area contributed by atoms with Gasteiger partial charge in [-0.25, -0.2) is 0 Å². The highest BCUT2D eigenvalue weighted by atomic mass is 16.1. The quantitative estimate of drug-likeness (QED) is 0.838. The molecule has 0 heterocycles. The highest BCUT2D eigenvalue weighted by Crippen LogP contribution is 2.43. The summed E-state index contributed by atoms with van der Waals surface area (Å²) in [5.41, 5.74) is 2.13.